The van der Waals surface area contributed by atoms with E-state index in [0.717, 1.165) is 17.0 Å². The minimum Gasteiger partial charge on any atom is -0.497 e. The molecule has 0 saturated carbocycles. The molecule has 1 aliphatic rings. The lowest BCUT2D eigenvalue weighted by atomic mass is 10.1. The summed E-state index contributed by atoms with van der Waals surface area (Å²) in [7, 11) is 1.61. The number of hydrogen-bond donors (Lipinski definition) is 3. The summed E-state index contributed by atoms with van der Waals surface area (Å²) in [6.07, 6.45) is -0.543. The molecule has 0 bridgehead atoms. The van der Waals surface area contributed by atoms with Gasteiger partial charge in [-0.2, -0.15) is 0 Å². The summed E-state index contributed by atoms with van der Waals surface area (Å²) >= 11 is 0. The smallest absolute Gasteiger partial charge is 0.357 e. The maximum Gasteiger partial charge on any atom is 0.357 e. The maximum absolute atomic E-state index is 13.4. The predicted octanol–water partition coefficient (Wildman–Crippen LogP) is 1.22. The fourth-order valence-corrected chi connectivity index (χ4v) is 3.06. The number of guanidine groups is 1. The molecule has 2 heterocycles. The van der Waals surface area contributed by atoms with E-state index in [1.165, 1.54) is 22.8 Å². The first-order chi connectivity index (χ1) is 13.5. The van der Waals surface area contributed by atoms with Gasteiger partial charge >= 0.3 is 5.96 Å². The van der Waals surface area contributed by atoms with Crippen molar-refractivity contribution in [2.45, 2.75) is 13.1 Å². The number of halogens is 1. The van der Waals surface area contributed by atoms with Crippen molar-refractivity contribution >= 4 is 17.6 Å². The van der Waals surface area contributed by atoms with E-state index in [1.54, 1.807) is 26.2 Å². The number of fused-ring (bicyclic) bond motifs is 1. The standard InChI is InChI=1S/C20H18FN5O2/c1-12-11-17(27)26-18(13-3-5-14(21)6-4-13)24-19(25-20(26)22-12)23-15-7-9-16(28-2)10-8-15/h3-11,18H,1-2H3,(H2,22,23,24,25)/p+1. The summed E-state index contributed by atoms with van der Waals surface area (Å²) in [5.74, 6) is 1.36. The average molecular weight is 380 g/mol. The normalized spacial score (nSPS) is 15.2. The lowest BCUT2D eigenvalue weighted by Gasteiger charge is -2.23. The molecule has 3 aromatic rings. The summed E-state index contributed by atoms with van der Waals surface area (Å²) in [5, 5.41) is 6.34. The number of benzene rings is 2. The van der Waals surface area contributed by atoms with Gasteiger partial charge in [0.25, 0.3) is 11.5 Å². The van der Waals surface area contributed by atoms with Crippen molar-refractivity contribution in [2.24, 2.45) is 0 Å². The van der Waals surface area contributed by atoms with Crippen LogP contribution in [0.3, 0.4) is 0 Å². The van der Waals surface area contributed by atoms with E-state index in [1.807, 2.05) is 24.3 Å². The summed E-state index contributed by atoms with van der Waals surface area (Å²) < 4.78 is 20.0. The summed E-state index contributed by atoms with van der Waals surface area (Å²) in [6.45, 7) is 1.76. The highest BCUT2D eigenvalue weighted by molar-refractivity contribution is 5.99. The number of hydrogen-bond acceptors (Lipinski definition) is 5. The van der Waals surface area contributed by atoms with Gasteiger partial charge in [-0.05, 0) is 43.3 Å². The molecule has 4 rings (SSSR count). The first kappa shape index (κ1) is 17.7. The molecular weight excluding hydrogens is 361 g/mol. The van der Waals surface area contributed by atoms with Gasteiger partial charge in [0.05, 0.1) is 12.8 Å². The Balaban J connectivity index is 1.75. The van der Waals surface area contributed by atoms with Gasteiger partial charge in [-0.25, -0.2) is 24.6 Å². The van der Waals surface area contributed by atoms with Gasteiger partial charge in [-0.15, -0.1) is 0 Å². The van der Waals surface area contributed by atoms with Crippen LogP contribution in [0, 0.1) is 12.7 Å². The van der Waals surface area contributed by atoms with Crippen molar-refractivity contribution in [3.05, 3.63) is 82.0 Å². The van der Waals surface area contributed by atoms with Crippen LogP contribution < -0.4 is 25.9 Å². The number of ether oxygens (including phenoxy) is 1. The molecule has 0 saturated heterocycles. The van der Waals surface area contributed by atoms with Crippen LogP contribution in [0.2, 0.25) is 0 Å². The highest BCUT2D eigenvalue weighted by atomic mass is 19.1. The zero-order chi connectivity index (χ0) is 19.7. The van der Waals surface area contributed by atoms with Crippen LogP contribution in [0.4, 0.5) is 16.0 Å². The molecule has 0 spiro atoms. The Kier molecular flexibility index (Phi) is 4.52. The fourth-order valence-electron chi connectivity index (χ4n) is 3.06. The Morgan fingerprint density at radius 1 is 1.18 bits per heavy atom. The van der Waals surface area contributed by atoms with E-state index in [0.29, 0.717) is 17.6 Å². The predicted molar refractivity (Wildman–Crippen MR) is 104 cm³/mol. The molecule has 1 unspecified atom stereocenters. The maximum atomic E-state index is 13.4. The molecule has 0 radical (unpaired) electrons. The largest absolute Gasteiger partial charge is 0.497 e. The first-order valence-electron chi connectivity index (χ1n) is 8.71. The molecule has 0 aliphatic carbocycles. The molecule has 3 N–H and O–H groups in total. The molecule has 2 aromatic carbocycles. The van der Waals surface area contributed by atoms with Gasteiger partial charge < -0.3 is 4.74 Å². The van der Waals surface area contributed by atoms with E-state index in [2.05, 4.69) is 20.6 Å². The van der Waals surface area contributed by atoms with E-state index in [9.17, 15) is 9.18 Å². The molecule has 0 amide bonds. The Morgan fingerprint density at radius 3 is 2.57 bits per heavy atom. The molecule has 1 atom stereocenters. The number of nitrogens with zero attached hydrogens (tertiary/aromatic N) is 2. The van der Waals surface area contributed by atoms with Crippen molar-refractivity contribution < 1.29 is 14.1 Å². The number of anilines is 2. The SMILES string of the molecule is COc1ccc(NC2=[NH+]C(c3ccc(F)cc3)n3c(nc(C)cc3=O)N2)cc1. The number of rotatable bonds is 3. The van der Waals surface area contributed by atoms with E-state index in [-0.39, 0.29) is 11.4 Å². The minimum atomic E-state index is -0.543. The van der Waals surface area contributed by atoms with Crippen LogP contribution >= 0.6 is 0 Å². The first-order valence-corrected chi connectivity index (χ1v) is 8.71. The molecule has 1 aliphatic heterocycles. The highest BCUT2D eigenvalue weighted by Gasteiger charge is 2.29. The van der Waals surface area contributed by atoms with Crippen LogP contribution in [-0.4, -0.2) is 22.6 Å². The molecule has 28 heavy (non-hydrogen) atoms. The topological polar surface area (TPSA) is 82.2 Å². The molecule has 142 valence electrons. The molecule has 0 fully saturated rings. The average Bonchev–Trinajstić information content (AvgIpc) is 2.68. The summed E-state index contributed by atoms with van der Waals surface area (Å²) in [5.41, 5.74) is 1.94. The number of nitrogens with one attached hydrogen (secondary N) is 3. The molecule has 1 aromatic heterocycles. The second kappa shape index (κ2) is 7.15. The van der Waals surface area contributed by atoms with Crippen LogP contribution in [0.1, 0.15) is 17.4 Å². The molecule has 7 nitrogen and oxygen atoms in total. The van der Waals surface area contributed by atoms with Crippen molar-refractivity contribution in [3.63, 3.8) is 0 Å². The molecular formula is C20H19FN5O2+. The third-order valence-corrected chi connectivity index (χ3v) is 4.40. The fraction of sp³-hybridized carbons (Fsp3) is 0.150. The quantitative estimate of drug-likeness (QED) is 0.637. The third kappa shape index (κ3) is 3.44. The molecule has 8 heteroatoms. The minimum absolute atomic E-state index is 0.208. The van der Waals surface area contributed by atoms with Crippen molar-refractivity contribution in [2.75, 3.05) is 17.7 Å². The van der Waals surface area contributed by atoms with E-state index < -0.39 is 6.17 Å². The van der Waals surface area contributed by atoms with Crippen molar-refractivity contribution in [1.82, 2.24) is 9.55 Å². The van der Waals surface area contributed by atoms with Gasteiger partial charge in [-0.1, -0.05) is 12.1 Å². The van der Waals surface area contributed by atoms with Gasteiger partial charge in [0, 0.05) is 17.3 Å². The second-order valence-electron chi connectivity index (χ2n) is 6.38. The van der Waals surface area contributed by atoms with Gasteiger partial charge in [0.15, 0.2) is 6.17 Å². The second-order valence-corrected chi connectivity index (χ2v) is 6.38. The lowest BCUT2D eigenvalue weighted by molar-refractivity contribution is -0.520. The van der Waals surface area contributed by atoms with E-state index >= 15 is 0 Å². The lowest BCUT2D eigenvalue weighted by Crippen LogP contribution is -2.82. The number of aromatic nitrogens is 2. The van der Waals surface area contributed by atoms with Gasteiger partial charge in [0.2, 0.25) is 0 Å². The zero-order valence-electron chi connectivity index (χ0n) is 15.4. The monoisotopic (exact) mass is 380 g/mol. The Morgan fingerprint density at radius 2 is 1.89 bits per heavy atom. The Labute approximate surface area is 160 Å². The van der Waals surface area contributed by atoms with Crippen LogP contribution in [0.25, 0.3) is 0 Å². The van der Waals surface area contributed by atoms with Crippen LogP contribution in [0.5, 0.6) is 5.75 Å². The summed E-state index contributed by atoms with van der Waals surface area (Å²) in [4.78, 5) is 20.3. The van der Waals surface area contributed by atoms with Crippen LogP contribution in [0.15, 0.2) is 59.4 Å². The Bertz CT molecular complexity index is 1090. The van der Waals surface area contributed by atoms with Gasteiger partial charge in [0.1, 0.15) is 11.6 Å². The number of aryl methyl sites for hydroxylation is 1. The van der Waals surface area contributed by atoms with E-state index in [4.69, 9.17) is 4.74 Å². The van der Waals surface area contributed by atoms with Gasteiger partial charge in [-0.3, -0.25) is 9.79 Å². The highest BCUT2D eigenvalue weighted by Crippen LogP contribution is 2.18. The number of methoxy groups -OCH3 is 1. The van der Waals surface area contributed by atoms with Crippen molar-refractivity contribution in [1.29, 1.82) is 0 Å². The third-order valence-electron chi connectivity index (χ3n) is 4.40. The van der Waals surface area contributed by atoms with Crippen molar-refractivity contribution in [3.8, 4) is 5.75 Å². The zero-order valence-corrected chi connectivity index (χ0v) is 15.4. The van der Waals surface area contributed by atoms with Crippen LogP contribution in [-0.2, 0) is 0 Å². The Hall–Kier alpha value is -3.68. The summed E-state index contributed by atoms with van der Waals surface area (Å²) in [6, 6.07) is 14.9.